The van der Waals surface area contributed by atoms with Gasteiger partial charge in [0, 0.05) is 17.9 Å². The first-order chi connectivity index (χ1) is 10.7. The van der Waals surface area contributed by atoms with E-state index in [1.807, 2.05) is 24.7 Å². The van der Waals surface area contributed by atoms with Crippen LogP contribution < -0.4 is 0 Å². The molecule has 4 rings (SSSR count). The number of rotatable bonds is 3. The molecule has 22 heavy (non-hydrogen) atoms. The van der Waals surface area contributed by atoms with Crippen molar-refractivity contribution in [2.24, 2.45) is 5.92 Å². The standard InChI is InChI=1S/C18H20N2O2/c21-13-7-5-12(6-8-13)18(22)9-16-14-3-1-2-4-15(14)17-10-19-11-20(16)17/h1-4,10-13,16,21H,5-9H2/t12?,13?,16-/m1/s1. The number of aliphatic hydroxyl groups is 1. The number of carbonyl (C=O) groups excluding carboxylic acids is 1. The zero-order valence-corrected chi connectivity index (χ0v) is 12.5. The third-order valence-corrected chi connectivity index (χ3v) is 5.14. The van der Waals surface area contributed by atoms with Crippen molar-refractivity contribution in [3.8, 4) is 11.3 Å². The van der Waals surface area contributed by atoms with E-state index in [1.54, 1.807) is 0 Å². The van der Waals surface area contributed by atoms with E-state index in [0.717, 1.165) is 31.4 Å². The predicted octanol–water partition coefficient (Wildman–Crippen LogP) is 2.96. The van der Waals surface area contributed by atoms with Crippen molar-refractivity contribution in [3.63, 3.8) is 0 Å². The second kappa shape index (κ2) is 5.36. The molecule has 1 fully saturated rings. The second-order valence-electron chi connectivity index (χ2n) is 6.47. The summed E-state index contributed by atoms with van der Waals surface area (Å²) in [5, 5.41) is 9.60. The smallest absolute Gasteiger partial charge is 0.138 e. The summed E-state index contributed by atoms with van der Waals surface area (Å²) < 4.78 is 2.13. The molecule has 4 nitrogen and oxygen atoms in total. The van der Waals surface area contributed by atoms with Crippen LogP contribution in [0.4, 0.5) is 0 Å². The van der Waals surface area contributed by atoms with Gasteiger partial charge in [0.1, 0.15) is 5.78 Å². The molecule has 4 heteroatoms. The number of Topliss-reactive ketones (excluding diaryl/α,β-unsaturated/α-hetero) is 1. The van der Waals surface area contributed by atoms with Crippen molar-refractivity contribution >= 4 is 5.78 Å². The third kappa shape index (κ3) is 2.18. The Labute approximate surface area is 129 Å². The molecule has 0 saturated heterocycles. The lowest BCUT2D eigenvalue weighted by Gasteiger charge is -2.25. The van der Waals surface area contributed by atoms with Gasteiger partial charge in [0.15, 0.2) is 0 Å². The first-order valence-electron chi connectivity index (χ1n) is 8.06. The summed E-state index contributed by atoms with van der Waals surface area (Å²) in [6, 6.07) is 8.36. The van der Waals surface area contributed by atoms with Crippen LogP contribution in [0.5, 0.6) is 0 Å². The van der Waals surface area contributed by atoms with Crippen LogP contribution in [0.3, 0.4) is 0 Å². The van der Waals surface area contributed by atoms with Crippen molar-refractivity contribution in [1.82, 2.24) is 9.55 Å². The van der Waals surface area contributed by atoms with E-state index in [9.17, 15) is 9.90 Å². The molecule has 1 aromatic heterocycles. The zero-order valence-electron chi connectivity index (χ0n) is 12.5. The van der Waals surface area contributed by atoms with Crippen LogP contribution in [0.2, 0.25) is 0 Å². The van der Waals surface area contributed by atoms with Crippen LogP contribution in [-0.2, 0) is 4.79 Å². The van der Waals surface area contributed by atoms with E-state index < -0.39 is 0 Å². The fourth-order valence-electron chi connectivity index (χ4n) is 3.90. The summed E-state index contributed by atoms with van der Waals surface area (Å²) in [5.74, 6) is 0.441. The molecule has 2 aliphatic rings. The average molecular weight is 296 g/mol. The predicted molar refractivity (Wildman–Crippen MR) is 83.4 cm³/mol. The second-order valence-corrected chi connectivity index (χ2v) is 6.47. The van der Waals surface area contributed by atoms with E-state index in [0.29, 0.717) is 12.2 Å². The van der Waals surface area contributed by atoms with E-state index in [1.165, 1.54) is 11.1 Å². The Morgan fingerprint density at radius 2 is 2.00 bits per heavy atom. The molecule has 0 bridgehead atoms. The van der Waals surface area contributed by atoms with Gasteiger partial charge in [-0.1, -0.05) is 24.3 Å². The summed E-state index contributed by atoms with van der Waals surface area (Å²) in [5.41, 5.74) is 3.52. The maximum Gasteiger partial charge on any atom is 0.138 e. The molecular weight excluding hydrogens is 276 g/mol. The number of aliphatic hydroxyl groups excluding tert-OH is 1. The molecule has 114 valence electrons. The van der Waals surface area contributed by atoms with Gasteiger partial charge in [-0.15, -0.1) is 0 Å². The molecule has 1 aromatic carbocycles. The zero-order chi connectivity index (χ0) is 15.1. The van der Waals surface area contributed by atoms with Crippen LogP contribution >= 0.6 is 0 Å². The molecule has 0 amide bonds. The number of aromatic nitrogens is 2. The SMILES string of the molecule is O=C(C[C@@H]1c2ccccc2-c2cncn21)C1CCC(O)CC1. The minimum atomic E-state index is -0.212. The Morgan fingerprint density at radius 1 is 1.23 bits per heavy atom. The van der Waals surface area contributed by atoms with E-state index in [2.05, 4.69) is 21.7 Å². The Morgan fingerprint density at radius 3 is 2.82 bits per heavy atom. The van der Waals surface area contributed by atoms with Gasteiger partial charge in [-0.2, -0.15) is 0 Å². The van der Waals surface area contributed by atoms with Gasteiger partial charge in [-0.25, -0.2) is 4.98 Å². The monoisotopic (exact) mass is 296 g/mol. The summed E-state index contributed by atoms with van der Waals surface area (Å²) in [7, 11) is 0. The van der Waals surface area contributed by atoms with Crippen molar-refractivity contribution in [2.75, 3.05) is 0 Å². The molecule has 2 heterocycles. The molecule has 1 aliphatic heterocycles. The minimum absolute atomic E-state index is 0.0769. The fraction of sp³-hybridized carbons (Fsp3) is 0.444. The first kappa shape index (κ1) is 13.7. The molecule has 2 aromatic rings. The van der Waals surface area contributed by atoms with Crippen LogP contribution in [0.15, 0.2) is 36.8 Å². The highest BCUT2D eigenvalue weighted by atomic mass is 16.3. The van der Waals surface area contributed by atoms with Gasteiger partial charge >= 0.3 is 0 Å². The van der Waals surface area contributed by atoms with E-state index in [4.69, 9.17) is 0 Å². The number of hydrogen-bond donors (Lipinski definition) is 1. The average Bonchev–Trinajstić information content (AvgIpc) is 3.11. The van der Waals surface area contributed by atoms with Crippen LogP contribution in [0, 0.1) is 5.92 Å². The number of nitrogens with zero attached hydrogens (tertiary/aromatic N) is 2. The Hall–Kier alpha value is -1.94. The molecule has 1 atom stereocenters. The number of fused-ring (bicyclic) bond motifs is 3. The largest absolute Gasteiger partial charge is 0.393 e. The summed E-state index contributed by atoms with van der Waals surface area (Å²) in [4.78, 5) is 16.9. The maximum atomic E-state index is 12.7. The van der Waals surface area contributed by atoms with Crippen molar-refractivity contribution in [3.05, 3.63) is 42.4 Å². The number of carbonyl (C=O) groups is 1. The number of ketones is 1. The lowest BCUT2D eigenvalue weighted by molar-refractivity contribution is -0.124. The van der Waals surface area contributed by atoms with Gasteiger partial charge in [-0.3, -0.25) is 4.79 Å². The lowest BCUT2D eigenvalue weighted by atomic mass is 9.82. The number of hydrogen-bond acceptors (Lipinski definition) is 3. The van der Waals surface area contributed by atoms with Crippen LogP contribution in [0.25, 0.3) is 11.3 Å². The molecule has 1 saturated carbocycles. The van der Waals surface area contributed by atoms with E-state index >= 15 is 0 Å². The highest BCUT2D eigenvalue weighted by molar-refractivity contribution is 5.83. The topological polar surface area (TPSA) is 55.1 Å². The fourth-order valence-corrected chi connectivity index (χ4v) is 3.90. The van der Waals surface area contributed by atoms with Gasteiger partial charge in [0.2, 0.25) is 0 Å². The normalized spacial score (nSPS) is 26.5. The molecular formula is C18H20N2O2. The molecule has 0 unspecified atom stereocenters. The van der Waals surface area contributed by atoms with Crippen LogP contribution in [-0.4, -0.2) is 26.5 Å². The molecule has 1 aliphatic carbocycles. The van der Waals surface area contributed by atoms with E-state index in [-0.39, 0.29) is 18.1 Å². The Bertz CT molecular complexity index is 699. The van der Waals surface area contributed by atoms with Gasteiger partial charge in [0.25, 0.3) is 0 Å². The van der Waals surface area contributed by atoms with Gasteiger partial charge in [0.05, 0.1) is 30.4 Å². The summed E-state index contributed by atoms with van der Waals surface area (Å²) in [6.07, 6.45) is 7.19. The summed E-state index contributed by atoms with van der Waals surface area (Å²) in [6.45, 7) is 0. The Balaban J connectivity index is 1.57. The molecule has 1 N–H and O–H groups in total. The maximum absolute atomic E-state index is 12.7. The minimum Gasteiger partial charge on any atom is -0.393 e. The van der Waals surface area contributed by atoms with Crippen LogP contribution in [0.1, 0.15) is 43.7 Å². The molecule has 0 radical (unpaired) electrons. The van der Waals surface area contributed by atoms with Gasteiger partial charge in [-0.05, 0) is 31.2 Å². The number of imidazole rings is 1. The van der Waals surface area contributed by atoms with Gasteiger partial charge < -0.3 is 9.67 Å². The lowest BCUT2D eigenvalue weighted by Crippen LogP contribution is -2.26. The third-order valence-electron chi connectivity index (χ3n) is 5.14. The first-order valence-corrected chi connectivity index (χ1v) is 8.06. The van der Waals surface area contributed by atoms with Crippen molar-refractivity contribution in [1.29, 1.82) is 0 Å². The Kier molecular flexibility index (Phi) is 3.34. The van der Waals surface area contributed by atoms with Crippen molar-refractivity contribution in [2.45, 2.75) is 44.2 Å². The number of benzene rings is 1. The van der Waals surface area contributed by atoms with Crippen molar-refractivity contribution < 1.29 is 9.90 Å². The quantitative estimate of drug-likeness (QED) is 0.947. The highest BCUT2D eigenvalue weighted by Crippen LogP contribution is 2.41. The summed E-state index contributed by atoms with van der Waals surface area (Å²) >= 11 is 0. The highest BCUT2D eigenvalue weighted by Gasteiger charge is 2.32. The molecule has 0 spiro atoms.